The Morgan fingerprint density at radius 2 is 2.11 bits per heavy atom. The van der Waals surface area contributed by atoms with E-state index in [1.165, 1.54) is 12.3 Å². The zero-order valence-electron chi connectivity index (χ0n) is 10.4. The number of furan rings is 1. The first-order valence-corrected chi connectivity index (χ1v) is 5.68. The summed E-state index contributed by atoms with van der Waals surface area (Å²) in [5, 5.41) is 12.2. The molecule has 94 valence electrons. The van der Waals surface area contributed by atoms with Gasteiger partial charge in [-0.2, -0.15) is 0 Å². The molecule has 0 radical (unpaired) electrons. The number of carboxylic acids is 1. The van der Waals surface area contributed by atoms with Crippen LogP contribution in [-0.4, -0.2) is 11.1 Å². The van der Waals surface area contributed by atoms with E-state index in [4.69, 9.17) is 9.52 Å². The molecule has 0 unspecified atom stereocenters. The second-order valence-corrected chi connectivity index (χ2v) is 4.23. The number of hydrogen-bond donors (Lipinski definition) is 2. The number of anilines is 1. The molecule has 0 spiro atoms. The summed E-state index contributed by atoms with van der Waals surface area (Å²) in [6.07, 6.45) is 1.39. The van der Waals surface area contributed by atoms with Crippen molar-refractivity contribution >= 4 is 11.7 Å². The van der Waals surface area contributed by atoms with Crippen molar-refractivity contribution in [1.29, 1.82) is 0 Å². The van der Waals surface area contributed by atoms with Gasteiger partial charge in [-0.05, 0) is 37.1 Å². The second kappa shape index (κ2) is 4.96. The molecule has 2 N–H and O–H groups in total. The molecule has 0 bridgehead atoms. The van der Waals surface area contributed by atoms with Crippen LogP contribution in [0.15, 0.2) is 34.9 Å². The van der Waals surface area contributed by atoms with Crippen LogP contribution in [0.25, 0.3) is 0 Å². The summed E-state index contributed by atoms with van der Waals surface area (Å²) in [5.74, 6) is -0.537. The van der Waals surface area contributed by atoms with Gasteiger partial charge in [-0.15, -0.1) is 0 Å². The van der Waals surface area contributed by atoms with E-state index in [0.29, 0.717) is 12.3 Å². The van der Waals surface area contributed by atoms with Gasteiger partial charge >= 0.3 is 5.97 Å². The minimum atomic E-state index is -0.971. The molecule has 0 amide bonds. The molecule has 0 aliphatic rings. The molecule has 0 fully saturated rings. The van der Waals surface area contributed by atoms with Crippen molar-refractivity contribution in [2.75, 3.05) is 5.32 Å². The number of hydrogen-bond acceptors (Lipinski definition) is 3. The summed E-state index contributed by atoms with van der Waals surface area (Å²) < 4.78 is 5.17. The standard InChI is InChI=1S/C14H15NO3/c1-9-3-4-10(2)12(7-9)15-8-13-11(14(16)17)5-6-18-13/h3-7,15H,8H2,1-2H3,(H,16,17). The lowest BCUT2D eigenvalue weighted by atomic mass is 10.1. The Hall–Kier alpha value is -2.23. The van der Waals surface area contributed by atoms with Crippen LogP contribution >= 0.6 is 0 Å². The van der Waals surface area contributed by atoms with Gasteiger partial charge in [0.15, 0.2) is 0 Å². The van der Waals surface area contributed by atoms with Gasteiger partial charge in [0.05, 0.1) is 12.8 Å². The Morgan fingerprint density at radius 1 is 1.33 bits per heavy atom. The van der Waals surface area contributed by atoms with Gasteiger partial charge in [0.25, 0.3) is 0 Å². The maximum atomic E-state index is 10.9. The van der Waals surface area contributed by atoms with Gasteiger partial charge in [-0.25, -0.2) is 4.79 Å². The number of aryl methyl sites for hydroxylation is 2. The average Bonchev–Trinajstić information content (AvgIpc) is 2.79. The molecular weight excluding hydrogens is 230 g/mol. The summed E-state index contributed by atoms with van der Waals surface area (Å²) >= 11 is 0. The lowest BCUT2D eigenvalue weighted by Gasteiger charge is -2.09. The number of rotatable bonds is 4. The summed E-state index contributed by atoms with van der Waals surface area (Å²) in [7, 11) is 0. The highest BCUT2D eigenvalue weighted by Crippen LogP contribution is 2.18. The summed E-state index contributed by atoms with van der Waals surface area (Å²) in [6, 6.07) is 7.55. The Bertz CT molecular complexity index is 572. The summed E-state index contributed by atoms with van der Waals surface area (Å²) in [5.41, 5.74) is 3.46. The Kier molecular flexibility index (Phi) is 3.37. The number of carbonyl (C=O) groups is 1. The predicted molar refractivity (Wildman–Crippen MR) is 68.9 cm³/mol. The monoisotopic (exact) mass is 245 g/mol. The smallest absolute Gasteiger partial charge is 0.339 e. The van der Waals surface area contributed by atoms with Gasteiger partial charge in [0, 0.05) is 5.69 Å². The zero-order valence-corrected chi connectivity index (χ0v) is 10.4. The Balaban J connectivity index is 2.14. The molecule has 4 heteroatoms. The average molecular weight is 245 g/mol. The van der Waals surface area contributed by atoms with Crippen LogP contribution < -0.4 is 5.32 Å². The molecule has 1 aromatic carbocycles. The van der Waals surface area contributed by atoms with Gasteiger partial charge in [0.1, 0.15) is 11.3 Å². The van der Waals surface area contributed by atoms with Crippen molar-refractivity contribution in [3.05, 3.63) is 53.0 Å². The van der Waals surface area contributed by atoms with Crippen molar-refractivity contribution in [2.45, 2.75) is 20.4 Å². The van der Waals surface area contributed by atoms with Gasteiger partial charge in [-0.1, -0.05) is 12.1 Å². The highest BCUT2D eigenvalue weighted by Gasteiger charge is 2.13. The van der Waals surface area contributed by atoms with E-state index in [2.05, 4.69) is 5.32 Å². The van der Waals surface area contributed by atoms with E-state index in [0.717, 1.165) is 16.8 Å². The molecule has 0 aliphatic heterocycles. The van der Waals surface area contributed by atoms with E-state index in [-0.39, 0.29) is 5.56 Å². The molecule has 2 rings (SSSR count). The maximum Gasteiger partial charge on any atom is 0.339 e. The highest BCUT2D eigenvalue weighted by atomic mass is 16.4. The third kappa shape index (κ3) is 2.53. The molecular formula is C14H15NO3. The summed E-state index contributed by atoms with van der Waals surface area (Å²) in [6.45, 7) is 4.38. The van der Waals surface area contributed by atoms with Crippen molar-refractivity contribution in [3.8, 4) is 0 Å². The Morgan fingerprint density at radius 3 is 2.83 bits per heavy atom. The molecule has 1 heterocycles. The maximum absolute atomic E-state index is 10.9. The lowest BCUT2D eigenvalue weighted by Crippen LogP contribution is -2.05. The van der Waals surface area contributed by atoms with E-state index >= 15 is 0 Å². The van der Waals surface area contributed by atoms with E-state index in [1.54, 1.807) is 0 Å². The molecule has 0 saturated carbocycles. The van der Waals surface area contributed by atoms with Crippen molar-refractivity contribution < 1.29 is 14.3 Å². The van der Waals surface area contributed by atoms with E-state index in [9.17, 15) is 4.79 Å². The number of carboxylic acid groups (broad SMARTS) is 1. The third-order valence-electron chi connectivity index (χ3n) is 2.81. The highest BCUT2D eigenvalue weighted by molar-refractivity contribution is 5.88. The van der Waals surface area contributed by atoms with Crippen LogP contribution in [0.3, 0.4) is 0 Å². The first kappa shape index (κ1) is 12.2. The fraction of sp³-hybridized carbons (Fsp3) is 0.214. The van der Waals surface area contributed by atoms with Gasteiger partial charge in [-0.3, -0.25) is 0 Å². The fourth-order valence-corrected chi connectivity index (χ4v) is 1.77. The third-order valence-corrected chi connectivity index (χ3v) is 2.81. The minimum absolute atomic E-state index is 0.202. The van der Waals surface area contributed by atoms with Crippen LogP contribution in [0.2, 0.25) is 0 Å². The number of benzene rings is 1. The first-order chi connectivity index (χ1) is 8.58. The molecule has 0 atom stereocenters. The zero-order chi connectivity index (χ0) is 13.1. The van der Waals surface area contributed by atoms with Crippen molar-refractivity contribution in [2.24, 2.45) is 0 Å². The van der Waals surface area contributed by atoms with Crippen molar-refractivity contribution in [3.63, 3.8) is 0 Å². The lowest BCUT2D eigenvalue weighted by molar-refractivity contribution is 0.0694. The molecule has 0 aliphatic carbocycles. The largest absolute Gasteiger partial charge is 0.478 e. The van der Waals surface area contributed by atoms with Crippen LogP contribution in [-0.2, 0) is 6.54 Å². The first-order valence-electron chi connectivity index (χ1n) is 5.68. The van der Waals surface area contributed by atoms with Crippen LogP contribution in [0, 0.1) is 13.8 Å². The fourth-order valence-electron chi connectivity index (χ4n) is 1.77. The van der Waals surface area contributed by atoms with Gasteiger partial charge < -0.3 is 14.8 Å². The van der Waals surface area contributed by atoms with Crippen molar-refractivity contribution in [1.82, 2.24) is 0 Å². The van der Waals surface area contributed by atoms with E-state index in [1.807, 2.05) is 32.0 Å². The number of aromatic carboxylic acids is 1. The normalized spacial score (nSPS) is 10.3. The van der Waals surface area contributed by atoms with Gasteiger partial charge in [0.2, 0.25) is 0 Å². The molecule has 2 aromatic rings. The molecule has 4 nitrogen and oxygen atoms in total. The molecule has 0 saturated heterocycles. The quantitative estimate of drug-likeness (QED) is 0.868. The van der Waals surface area contributed by atoms with Crippen LogP contribution in [0.5, 0.6) is 0 Å². The topological polar surface area (TPSA) is 62.5 Å². The van der Waals surface area contributed by atoms with Crippen LogP contribution in [0.4, 0.5) is 5.69 Å². The van der Waals surface area contributed by atoms with E-state index < -0.39 is 5.97 Å². The predicted octanol–water partition coefficient (Wildman–Crippen LogP) is 3.21. The molecule has 18 heavy (non-hydrogen) atoms. The number of nitrogens with one attached hydrogen (secondary N) is 1. The molecule has 1 aromatic heterocycles. The minimum Gasteiger partial charge on any atom is -0.478 e. The second-order valence-electron chi connectivity index (χ2n) is 4.23. The Labute approximate surface area is 105 Å². The SMILES string of the molecule is Cc1ccc(C)c(NCc2occc2C(=O)O)c1. The summed E-state index contributed by atoms with van der Waals surface area (Å²) in [4.78, 5) is 10.9. The van der Waals surface area contributed by atoms with Crippen LogP contribution in [0.1, 0.15) is 27.2 Å².